The predicted molar refractivity (Wildman–Crippen MR) is 87.1 cm³/mol. The van der Waals surface area contributed by atoms with Crippen molar-refractivity contribution in [3.63, 3.8) is 0 Å². The van der Waals surface area contributed by atoms with Crippen LogP contribution in [0, 0.1) is 0 Å². The number of nitrogens with one attached hydrogen (secondary N) is 1. The molecule has 8 heteroatoms. The van der Waals surface area contributed by atoms with Crippen LogP contribution in [0.15, 0.2) is 30.3 Å². The van der Waals surface area contributed by atoms with Crippen LogP contribution in [0.4, 0.5) is 13.2 Å². The fraction of sp³-hybridized carbons (Fsp3) is 0.529. The largest absolute Gasteiger partial charge is 0.401 e. The van der Waals surface area contributed by atoms with Crippen molar-refractivity contribution in [3.8, 4) is 0 Å². The fourth-order valence-electron chi connectivity index (χ4n) is 2.76. The maximum absolute atomic E-state index is 12.4. The monoisotopic (exact) mass is 357 g/mol. The van der Waals surface area contributed by atoms with Crippen LogP contribution < -0.4 is 5.32 Å². The topological polar surface area (TPSA) is 52.7 Å². The van der Waals surface area contributed by atoms with Crippen molar-refractivity contribution < 1.29 is 22.8 Å². The molecule has 0 saturated carbocycles. The average molecular weight is 357 g/mol. The van der Waals surface area contributed by atoms with E-state index in [1.54, 1.807) is 29.2 Å². The molecule has 1 aromatic carbocycles. The van der Waals surface area contributed by atoms with Crippen molar-refractivity contribution in [1.82, 2.24) is 15.1 Å². The molecule has 0 bridgehead atoms. The standard InChI is InChI=1S/C17H22F3N3O2/c18-17(19,20)13-22-9-4-10-23(12-11-22)15(24)7-8-21-16(25)14-5-2-1-3-6-14/h1-3,5-6H,4,7-13H2,(H,21,25). The van der Waals surface area contributed by atoms with Gasteiger partial charge in [0.25, 0.3) is 5.91 Å². The Balaban J connectivity index is 1.73. The SMILES string of the molecule is O=C(NCCC(=O)N1CCCN(CC(F)(F)F)CC1)c1ccccc1. The Kier molecular flexibility index (Phi) is 6.81. The summed E-state index contributed by atoms with van der Waals surface area (Å²) < 4.78 is 37.3. The Labute approximate surface area is 144 Å². The zero-order valence-corrected chi connectivity index (χ0v) is 13.9. The van der Waals surface area contributed by atoms with Crippen LogP contribution in [0.5, 0.6) is 0 Å². The molecular weight excluding hydrogens is 335 g/mol. The number of hydrogen-bond donors (Lipinski definition) is 1. The number of carbonyl (C=O) groups is 2. The van der Waals surface area contributed by atoms with Crippen LogP contribution >= 0.6 is 0 Å². The van der Waals surface area contributed by atoms with E-state index in [0.717, 1.165) is 0 Å². The summed E-state index contributed by atoms with van der Waals surface area (Å²) in [6.45, 7) is 0.522. The van der Waals surface area contributed by atoms with Gasteiger partial charge in [0.2, 0.25) is 5.91 Å². The molecule has 1 N–H and O–H groups in total. The van der Waals surface area contributed by atoms with E-state index < -0.39 is 12.7 Å². The summed E-state index contributed by atoms with van der Waals surface area (Å²) in [5.74, 6) is -0.400. The third-order valence-electron chi connectivity index (χ3n) is 4.00. The van der Waals surface area contributed by atoms with Crippen LogP contribution in [0.3, 0.4) is 0 Å². The molecule has 1 aromatic rings. The molecule has 5 nitrogen and oxygen atoms in total. The normalized spacial score (nSPS) is 16.4. The van der Waals surface area contributed by atoms with Gasteiger partial charge in [0.15, 0.2) is 0 Å². The second-order valence-corrected chi connectivity index (χ2v) is 6.00. The van der Waals surface area contributed by atoms with E-state index in [1.807, 2.05) is 6.07 Å². The summed E-state index contributed by atoms with van der Waals surface area (Å²) in [5.41, 5.74) is 0.521. The summed E-state index contributed by atoms with van der Waals surface area (Å²) in [5, 5.41) is 2.68. The van der Waals surface area contributed by atoms with Crippen molar-refractivity contribution in [1.29, 1.82) is 0 Å². The number of amides is 2. The van der Waals surface area contributed by atoms with Gasteiger partial charge in [-0.25, -0.2) is 0 Å². The molecule has 0 spiro atoms. The predicted octanol–water partition coefficient (Wildman–Crippen LogP) is 1.90. The quantitative estimate of drug-likeness (QED) is 0.876. The Morgan fingerprint density at radius 1 is 1.04 bits per heavy atom. The van der Waals surface area contributed by atoms with Crippen LogP contribution in [0.25, 0.3) is 0 Å². The van der Waals surface area contributed by atoms with Crippen molar-refractivity contribution in [3.05, 3.63) is 35.9 Å². The van der Waals surface area contributed by atoms with Gasteiger partial charge in [0.05, 0.1) is 6.54 Å². The van der Waals surface area contributed by atoms with Gasteiger partial charge in [-0.2, -0.15) is 13.2 Å². The Morgan fingerprint density at radius 2 is 1.76 bits per heavy atom. The van der Waals surface area contributed by atoms with Gasteiger partial charge >= 0.3 is 6.18 Å². The molecule has 25 heavy (non-hydrogen) atoms. The van der Waals surface area contributed by atoms with Gasteiger partial charge in [0, 0.05) is 44.7 Å². The zero-order valence-electron chi connectivity index (χ0n) is 13.9. The molecule has 0 atom stereocenters. The van der Waals surface area contributed by atoms with Gasteiger partial charge in [-0.1, -0.05) is 18.2 Å². The minimum atomic E-state index is -4.22. The second kappa shape index (κ2) is 8.84. The van der Waals surface area contributed by atoms with E-state index in [1.165, 1.54) is 4.90 Å². The third kappa shape index (κ3) is 6.74. The van der Waals surface area contributed by atoms with Crippen molar-refractivity contribution in [2.45, 2.75) is 19.0 Å². The lowest BCUT2D eigenvalue weighted by Gasteiger charge is -2.22. The molecule has 0 aliphatic carbocycles. The van der Waals surface area contributed by atoms with E-state index in [0.29, 0.717) is 25.1 Å². The molecule has 0 radical (unpaired) electrons. The van der Waals surface area contributed by atoms with Crippen molar-refractivity contribution in [2.75, 3.05) is 39.3 Å². The maximum Gasteiger partial charge on any atom is 0.401 e. The fourth-order valence-corrected chi connectivity index (χ4v) is 2.76. The van der Waals surface area contributed by atoms with Crippen molar-refractivity contribution in [2.24, 2.45) is 0 Å². The smallest absolute Gasteiger partial charge is 0.352 e. The second-order valence-electron chi connectivity index (χ2n) is 6.00. The summed E-state index contributed by atoms with van der Waals surface area (Å²) in [4.78, 5) is 27.0. The highest BCUT2D eigenvalue weighted by atomic mass is 19.4. The van der Waals surface area contributed by atoms with Gasteiger partial charge in [-0.15, -0.1) is 0 Å². The number of benzene rings is 1. The van der Waals surface area contributed by atoms with Gasteiger partial charge < -0.3 is 10.2 Å². The molecule has 0 aromatic heterocycles. The Morgan fingerprint density at radius 3 is 2.44 bits per heavy atom. The number of alkyl halides is 3. The first kappa shape index (κ1) is 19.2. The lowest BCUT2D eigenvalue weighted by atomic mass is 10.2. The van der Waals surface area contributed by atoms with E-state index in [9.17, 15) is 22.8 Å². The molecule has 1 aliphatic heterocycles. The van der Waals surface area contributed by atoms with Crippen LogP contribution in [-0.2, 0) is 4.79 Å². The molecule has 138 valence electrons. The summed E-state index contributed by atoms with van der Waals surface area (Å²) >= 11 is 0. The number of hydrogen-bond acceptors (Lipinski definition) is 3. The summed E-state index contributed by atoms with van der Waals surface area (Å²) in [6.07, 6.45) is -3.57. The van der Waals surface area contributed by atoms with E-state index >= 15 is 0 Å². The molecule has 1 aliphatic rings. The molecule has 1 saturated heterocycles. The number of carbonyl (C=O) groups excluding carboxylic acids is 2. The molecule has 2 amide bonds. The lowest BCUT2D eigenvalue weighted by molar-refractivity contribution is -0.145. The van der Waals surface area contributed by atoms with E-state index in [2.05, 4.69) is 5.32 Å². The third-order valence-corrected chi connectivity index (χ3v) is 4.00. The molecular formula is C17H22F3N3O2. The summed E-state index contributed by atoms with van der Waals surface area (Å²) in [6, 6.07) is 8.68. The Bertz CT molecular complexity index is 578. The average Bonchev–Trinajstić information content (AvgIpc) is 2.79. The minimum absolute atomic E-state index is 0.137. The van der Waals surface area contributed by atoms with E-state index in [4.69, 9.17) is 0 Å². The first-order valence-electron chi connectivity index (χ1n) is 8.25. The van der Waals surface area contributed by atoms with Crippen LogP contribution in [0.2, 0.25) is 0 Å². The van der Waals surface area contributed by atoms with Crippen molar-refractivity contribution >= 4 is 11.8 Å². The number of nitrogens with zero attached hydrogens (tertiary/aromatic N) is 2. The highest BCUT2D eigenvalue weighted by molar-refractivity contribution is 5.94. The zero-order chi connectivity index (χ0) is 18.3. The van der Waals surface area contributed by atoms with Crippen LogP contribution in [0.1, 0.15) is 23.2 Å². The van der Waals surface area contributed by atoms with Gasteiger partial charge in [0.1, 0.15) is 0 Å². The van der Waals surface area contributed by atoms with Crippen LogP contribution in [-0.4, -0.2) is 67.1 Å². The highest BCUT2D eigenvalue weighted by Crippen LogP contribution is 2.17. The summed E-state index contributed by atoms with van der Waals surface area (Å²) in [7, 11) is 0. The van der Waals surface area contributed by atoms with Gasteiger partial charge in [-0.05, 0) is 18.6 Å². The van der Waals surface area contributed by atoms with E-state index in [-0.39, 0.29) is 37.9 Å². The van der Waals surface area contributed by atoms with Gasteiger partial charge in [-0.3, -0.25) is 14.5 Å². The Hall–Kier alpha value is -2.09. The minimum Gasteiger partial charge on any atom is -0.352 e. The lowest BCUT2D eigenvalue weighted by Crippen LogP contribution is -2.39. The molecule has 0 unspecified atom stereocenters. The molecule has 1 fully saturated rings. The molecule has 2 rings (SSSR count). The first-order chi connectivity index (χ1) is 11.8. The maximum atomic E-state index is 12.4. The number of halogens is 3. The number of rotatable bonds is 5. The molecule has 1 heterocycles. The highest BCUT2D eigenvalue weighted by Gasteiger charge is 2.31. The first-order valence-corrected chi connectivity index (χ1v) is 8.25.